The van der Waals surface area contributed by atoms with Crippen molar-refractivity contribution in [2.45, 2.75) is 0 Å². The number of aromatic nitrogens is 1. The summed E-state index contributed by atoms with van der Waals surface area (Å²) in [6.07, 6.45) is 0. The van der Waals surface area contributed by atoms with Gasteiger partial charge in [-0.15, -0.1) is 0 Å². The number of nitro benzene ring substituents is 1. The highest BCUT2D eigenvalue weighted by molar-refractivity contribution is 5.76. The Morgan fingerprint density at radius 3 is 2.70 bits per heavy atom. The number of halogens is 2. The minimum absolute atomic E-state index is 0.133. The monoisotopic (exact) mass is 276 g/mol. The molecular weight excluding hydrogens is 270 g/mol. The highest BCUT2D eigenvalue weighted by Crippen LogP contribution is 2.29. The Kier molecular flexibility index (Phi) is 2.67. The second kappa shape index (κ2) is 4.37. The molecule has 0 amide bonds. The van der Waals surface area contributed by atoms with Gasteiger partial charge in [0.2, 0.25) is 5.89 Å². The van der Waals surface area contributed by atoms with Crippen molar-refractivity contribution >= 4 is 16.8 Å². The van der Waals surface area contributed by atoms with Crippen LogP contribution in [0.2, 0.25) is 0 Å². The molecule has 0 unspecified atom stereocenters. The minimum Gasteiger partial charge on any atom is -0.436 e. The first-order valence-electron chi connectivity index (χ1n) is 5.55. The van der Waals surface area contributed by atoms with Crippen LogP contribution in [-0.4, -0.2) is 9.91 Å². The first-order chi connectivity index (χ1) is 9.54. The van der Waals surface area contributed by atoms with Gasteiger partial charge in [-0.05, 0) is 18.2 Å². The number of oxazole rings is 1. The lowest BCUT2D eigenvalue weighted by atomic mass is 10.2. The van der Waals surface area contributed by atoms with E-state index in [1.807, 2.05) is 0 Å². The van der Waals surface area contributed by atoms with Gasteiger partial charge in [-0.25, -0.2) is 13.8 Å². The van der Waals surface area contributed by atoms with Gasteiger partial charge in [0.15, 0.2) is 5.58 Å². The standard InChI is InChI=1S/C13H6F2N2O3/c14-7-1-4-11-12(5-7)20-13(16-11)9-6-8(17(18)19)2-3-10(9)15/h1-6H. The van der Waals surface area contributed by atoms with Crippen molar-refractivity contribution in [3.05, 3.63) is 58.1 Å². The Hall–Kier alpha value is -2.83. The van der Waals surface area contributed by atoms with E-state index in [-0.39, 0.29) is 22.7 Å². The van der Waals surface area contributed by atoms with Crippen LogP contribution in [0.5, 0.6) is 0 Å². The summed E-state index contributed by atoms with van der Waals surface area (Å²) in [5.74, 6) is -1.35. The molecule has 1 heterocycles. The van der Waals surface area contributed by atoms with E-state index in [4.69, 9.17) is 4.42 Å². The molecule has 0 spiro atoms. The zero-order valence-electron chi connectivity index (χ0n) is 9.84. The van der Waals surface area contributed by atoms with Gasteiger partial charge in [0.05, 0.1) is 10.5 Å². The fourth-order valence-corrected chi connectivity index (χ4v) is 1.80. The molecule has 0 saturated heterocycles. The van der Waals surface area contributed by atoms with Gasteiger partial charge >= 0.3 is 0 Å². The minimum atomic E-state index is -0.706. The number of fused-ring (bicyclic) bond motifs is 1. The Morgan fingerprint density at radius 2 is 1.95 bits per heavy atom. The molecule has 0 aliphatic heterocycles. The topological polar surface area (TPSA) is 69.2 Å². The summed E-state index contributed by atoms with van der Waals surface area (Å²) in [6, 6.07) is 6.72. The number of rotatable bonds is 2. The van der Waals surface area contributed by atoms with Crippen molar-refractivity contribution < 1.29 is 18.1 Å². The first-order valence-corrected chi connectivity index (χ1v) is 5.55. The molecule has 0 atom stereocenters. The molecule has 100 valence electrons. The number of benzene rings is 2. The number of hydrogen-bond donors (Lipinski definition) is 0. The quantitative estimate of drug-likeness (QED) is 0.528. The van der Waals surface area contributed by atoms with Crippen molar-refractivity contribution in [3.8, 4) is 11.5 Å². The second-order valence-electron chi connectivity index (χ2n) is 4.05. The molecule has 1 aromatic heterocycles. The molecule has 0 aliphatic carbocycles. The van der Waals surface area contributed by atoms with Crippen LogP contribution in [-0.2, 0) is 0 Å². The highest BCUT2D eigenvalue weighted by Gasteiger charge is 2.17. The SMILES string of the molecule is O=[N+]([O-])c1ccc(F)c(-c2nc3ccc(F)cc3o2)c1. The Morgan fingerprint density at radius 1 is 1.15 bits per heavy atom. The molecule has 0 fully saturated rings. The molecule has 7 heteroatoms. The van der Waals surface area contributed by atoms with E-state index < -0.39 is 16.6 Å². The first kappa shape index (κ1) is 12.2. The summed E-state index contributed by atoms with van der Waals surface area (Å²) in [5.41, 5.74) is 0.0591. The van der Waals surface area contributed by atoms with Crippen LogP contribution in [0.25, 0.3) is 22.6 Å². The van der Waals surface area contributed by atoms with Crippen LogP contribution in [0.1, 0.15) is 0 Å². The zero-order chi connectivity index (χ0) is 14.3. The van der Waals surface area contributed by atoms with Crippen molar-refractivity contribution in [3.63, 3.8) is 0 Å². The van der Waals surface area contributed by atoms with Gasteiger partial charge < -0.3 is 4.42 Å². The fourth-order valence-electron chi connectivity index (χ4n) is 1.80. The van der Waals surface area contributed by atoms with Crippen molar-refractivity contribution in [2.24, 2.45) is 0 Å². The van der Waals surface area contributed by atoms with E-state index in [1.54, 1.807) is 0 Å². The van der Waals surface area contributed by atoms with E-state index in [0.29, 0.717) is 5.52 Å². The summed E-state index contributed by atoms with van der Waals surface area (Å²) in [4.78, 5) is 14.0. The van der Waals surface area contributed by atoms with Crippen molar-refractivity contribution in [1.82, 2.24) is 4.98 Å². The predicted octanol–water partition coefficient (Wildman–Crippen LogP) is 3.68. The van der Waals surface area contributed by atoms with Crippen LogP contribution < -0.4 is 0 Å². The molecule has 0 aliphatic rings. The third-order valence-corrected chi connectivity index (χ3v) is 2.74. The van der Waals surface area contributed by atoms with Crippen LogP contribution in [0.3, 0.4) is 0 Å². The smallest absolute Gasteiger partial charge is 0.270 e. The summed E-state index contributed by atoms with van der Waals surface area (Å²) < 4.78 is 32.0. The molecule has 3 rings (SSSR count). The Balaban J connectivity index is 2.19. The molecular formula is C13H6F2N2O3. The van der Waals surface area contributed by atoms with Crippen molar-refractivity contribution in [2.75, 3.05) is 0 Å². The second-order valence-corrected chi connectivity index (χ2v) is 4.05. The third kappa shape index (κ3) is 1.99. The average molecular weight is 276 g/mol. The molecule has 3 aromatic rings. The van der Waals surface area contributed by atoms with Gasteiger partial charge in [-0.2, -0.15) is 0 Å². The molecule has 0 N–H and O–H groups in total. The predicted molar refractivity (Wildman–Crippen MR) is 66.0 cm³/mol. The summed E-state index contributed by atoms with van der Waals surface area (Å²) in [7, 11) is 0. The maximum atomic E-state index is 13.7. The molecule has 20 heavy (non-hydrogen) atoms. The molecule has 2 aromatic carbocycles. The van der Waals surface area contributed by atoms with E-state index >= 15 is 0 Å². The zero-order valence-corrected chi connectivity index (χ0v) is 9.84. The molecule has 5 nitrogen and oxygen atoms in total. The van der Waals surface area contributed by atoms with E-state index in [1.165, 1.54) is 12.1 Å². The fraction of sp³-hybridized carbons (Fsp3) is 0. The molecule has 0 bridgehead atoms. The molecule has 0 radical (unpaired) electrons. The number of nitro groups is 1. The lowest BCUT2D eigenvalue weighted by Crippen LogP contribution is -1.91. The van der Waals surface area contributed by atoms with Crippen LogP contribution in [0.15, 0.2) is 40.8 Å². The van der Waals surface area contributed by atoms with Crippen LogP contribution >= 0.6 is 0 Å². The summed E-state index contributed by atoms with van der Waals surface area (Å²) >= 11 is 0. The van der Waals surface area contributed by atoms with Gasteiger partial charge in [0, 0.05) is 18.2 Å². The number of non-ortho nitro benzene ring substituents is 1. The molecule has 0 saturated carbocycles. The van der Waals surface area contributed by atoms with Gasteiger partial charge in [-0.3, -0.25) is 10.1 Å². The van der Waals surface area contributed by atoms with Gasteiger partial charge in [-0.1, -0.05) is 0 Å². The van der Waals surface area contributed by atoms with Crippen molar-refractivity contribution in [1.29, 1.82) is 0 Å². The largest absolute Gasteiger partial charge is 0.436 e. The Labute approximate surface area is 110 Å². The average Bonchev–Trinajstić information content (AvgIpc) is 2.81. The summed E-state index contributed by atoms with van der Waals surface area (Å²) in [6.45, 7) is 0. The summed E-state index contributed by atoms with van der Waals surface area (Å²) in [5, 5.41) is 10.7. The van der Waals surface area contributed by atoms with E-state index in [0.717, 1.165) is 24.3 Å². The van der Waals surface area contributed by atoms with Crippen LogP contribution in [0.4, 0.5) is 14.5 Å². The normalized spacial score (nSPS) is 10.9. The lowest BCUT2D eigenvalue weighted by molar-refractivity contribution is -0.384. The van der Waals surface area contributed by atoms with Gasteiger partial charge in [0.25, 0.3) is 5.69 Å². The van der Waals surface area contributed by atoms with E-state index in [2.05, 4.69) is 4.98 Å². The van der Waals surface area contributed by atoms with E-state index in [9.17, 15) is 18.9 Å². The third-order valence-electron chi connectivity index (χ3n) is 2.74. The van der Waals surface area contributed by atoms with Gasteiger partial charge in [0.1, 0.15) is 17.2 Å². The maximum absolute atomic E-state index is 13.7. The number of nitrogens with zero attached hydrogens (tertiary/aromatic N) is 2. The lowest BCUT2D eigenvalue weighted by Gasteiger charge is -1.97. The Bertz CT molecular complexity index is 830. The maximum Gasteiger partial charge on any atom is 0.270 e. The number of hydrogen-bond acceptors (Lipinski definition) is 4. The van der Waals surface area contributed by atoms with Crippen LogP contribution in [0, 0.1) is 21.7 Å². The highest BCUT2D eigenvalue weighted by atomic mass is 19.1.